The first-order chi connectivity index (χ1) is 9.88. The molecular weight excluding hydrogens is 290 g/mol. The standard InChI is InChI=1S/C15H22ClN3O2/c1-12(20)19(9-5-8-18(2)3)11-15(21)17-14-7-4-6-13(16)10-14/h4,6-7,10H,5,8-9,11H2,1-3H3,(H,17,21). The number of nitrogens with one attached hydrogen (secondary N) is 1. The smallest absolute Gasteiger partial charge is 0.243 e. The van der Waals surface area contributed by atoms with Gasteiger partial charge in [0.1, 0.15) is 0 Å². The van der Waals surface area contributed by atoms with Gasteiger partial charge in [0.15, 0.2) is 0 Å². The average Bonchev–Trinajstić information content (AvgIpc) is 2.36. The minimum atomic E-state index is -0.225. The minimum absolute atomic E-state index is 0.0509. The zero-order valence-electron chi connectivity index (χ0n) is 12.7. The molecule has 0 heterocycles. The third-order valence-electron chi connectivity index (χ3n) is 2.92. The van der Waals surface area contributed by atoms with Crippen LogP contribution < -0.4 is 5.32 Å². The molecule has 116 valence electrons. The van der Waals surface area contributed by atoms with Crippen LogP contribution in [-0.4, -0.2) is 55.3 Å². The van der Waals surface area contributed by atoms with Gasteiger partial charge in [0.05, 0.1) is 6.54 Å². The van der Waals surface area contributed by atoms with Crippen LogP contribution in [0.1, 0.15) is 13.3 Å². The summed E-state index contributed by atoms with van der Waals surface area (Å²) in [5, 5.41) is 3.30. The van der Waals surface area contributed by atoms with E-state index in [9.17, 15) is 9.59 Å². The van der Waals surface area contributed by atoms with Crippen LogP contribution in [0.15, 0.2) is 24.3 Å². The zero-order chi connectivity index (χ0) is 15.8. The highest BCUT2D eigenvalue weighted by Crippen LogP contribution is 2.14. The third-order valence-corrected chi connectivity index (χ3v) is 3.16. The van der Waals surface area contributed by atoms with E-state index < -0.39 is 0 Å². The lowest BCUT2D eigenvalue weighted by Crippen LogP contribution is -2.38. The van der Waals surface area contributed by atoms with Crippen molar-refractivity contribution in [2.45, 2.75) is 13.3 Å². The van der Waals surface area contributed by atoms with Crippen molar-refractivity contribution in [3.8, 4) is 0 Å². The highest BCUT2D eigenvalue weighted by Gasteiger charge is 2.13. The average molecular weight is 312 g/mol. The number of carbonyl (C=O) groups excluding carboxylic acids is 2. The van der Waals surface area contributed by atoms with Gasteiger partial charge >= 0.3 is 0 Å². The van der Waals surface area contributed by atoms with Gasteiger partial charge in [-0.2, -0.15) is 0 Å². The number of rotatable bonds is 7. The topological polar surface area (TPSA) is 52.7 Å². The predicted molar refractivity (Wildman–Crippen MR) is 85.5 cm³/mol. The van der Waals surface area contributed by atoms with Crippen molar-refractivity contribution in [3.05, 3.63) is 29.3 Å². The van der Waals surface area contributed by atoms with Gasteiger partial charge in [-0.15, -0.1) is 0 Å². The van der Waals surface area contributed by atoms with Gasteiger partial charge in [-0.1, -0.05) is 17.7 Å². The summed E-state index contributed by atoms with van der Waals surface area (Å²) >= 11 is 5.86. The molecule has 0 saturated carbocycles. The molecule has 0 spiro atoms. The molecule has 5 nitrogen and oxygen atoms in total. The fourth-order valence-corrected chi connectivity index (χ4v) is 2.06. The van der Waals surface area contributed by atoms with Gasteiger partial charge in [0, 0.05) is 24.2 Å². The molecule has 1 N–H and O–H groups in total. The van der Waals surface area contributed by atoms with Crippen LogP contribution in [0.4, 0.5) is 5.69 Å². The monoisotopic (exact) mass is 311 g/mol. The van der Waals surface area contributed by atoms with Crippen molar-refractivity contribution in [3.63, 3.8) is 0 Å². The maximum atomic E-state index is 12.0. The van der Waals surface area contributed by atoms with Crippen LogP contribution >= 0.6 is 11.6 Å². The Kier molecular flexibility index (Phi) is 7.19. The quantitative estimate of drug-likeness (QED) is 0.839. The van der Waals surface area contributed by atoms with Crippen molar-refractivity contribution in [1.82, 2.24) is 9.80 Å². The normalized spacial score (nSPS) is 10.5. The second kappa shape index (κ2) is 8.64. The summed E-state index contributed by atoms with van der Waals surface area (Å²) in [6.07, 6.45) is 0.830. The van der Waals surface area contributed by atoms with Crippen molar-refractivity contribution in [1.29, 1.82) is 0 Å². The summed E-state index contributed by atoms with van der Waals surface area (Å²) < 4.78 is 0. The van der Waals surface area contributed by atoms with Gasteiger partial charge in [-0.05, 0) is 45.3 Å². The molecule has 0 aliphatic heterocycles. The van der Waals surface area contributed by atoms with E-state index in [4.69, 9.17) is 11.6 Å². The number of halogens is 1. The molecule has 0 unspecified atom stereocenters. The van der Waals surface area contributed by atoms with Crippen LogP contribution in [-0.2, 0) is 9.59 Å². The number of hydrogen-bond acceptors (Lipinski definition) is 3. The zero-order valence-corrected chi connectivity index (χ0v) is 13.5. The van der Waals surface area contributed by atoms with E-state index >= 15 is 0 Å². The Bertz CT molecular complexity index is 492. The van der Waals surface area contributed by atoms with Crippen LogP contribution in [0.5, 0.6) is 0 Å². The molecule has 0 aliphatic carbocycles. The Hall–Kier alpha value is -1.59. The van der Waals surface area contributed by atoms with E-state index in [-0.39, 0.29) is 18.4 Å². The number of amides is 2. The highest BCUT2D eigenvalue weighted by molar-refractivity contribution is 6.30. The molecule has 21 heavy (non-hydrogen) atoms. The lowest BCUT2D eigenvalue weighted by Gasteiger charge is -2.21. The van der Waals surface area contributed by atoms with E-state index in [2.05, 4.69) is 5.32 Å². The van der Waals surface area contributed by atoms with Crippen LogP contribution in [0.3, 0.4) is 0 Å². The maximum Gasteiger partial charge on any atom is 0.243 e. The fraction of sp³-hybridized carbons (Fsp3) is 0.467. The van der Waals surface area contributed by atoms with Crippen molar-refractivity contribution >= 4 is 29.1 Å². The second-order valence-electron chi connectivity index (χ2n) is 5.16. The summed E-state index contributed by atoms with van der Waals surface area (Å²) in [7, 11) is 3.95. The number of hydrogen-bond donors (Lipinski definition) is 1. The van der Waals surface area contributed by atoms with Gasteiger partial charge in [0.25, 0.3) is 0 Å². The molecule has 0 aromatic heterocycles. The third kappa shape index (κ3) is 7.11. The first-order valence-electron chi connectivity index (χ1n) is 6.84. The molecule has 0 radical (unpaired) electrons. The number of anilines is 1. The molecule has 2 amide bonds. The Morgan fingerprint density at radius 3 is 2.52 bits per heavy atom. The summed E-state index contributed by atoms with van der Waals surface area (Å²) in [4.78, 5) is 27.1. The highest BCUT2D eigenvalue weighted by atomic mass is 35.5. The molecule has 0 bridgehead atoms. The van der Waals surface area contributed by atoms with E-state index in [1.54, 1.807) is 29.2 Å². The Morgan fingerprint density at radius 2 is 1.95 bits per heavy atom. The van der Waals surface area contributed by atoms with Gasteiger partial charge in [-0.3, -0.25) is 9.59 Å². The Labute approximate surface area is 130 Å². The molecule has 0 fully saturated rings. The summed E-state index contributed by atoms with van der Waals surface area (Å²) in [6.45, 7) is 2.97. The second-order valence-corrected chi connectivity index (χ2v) is 5.59. The predicted octanol–water partition coefficient (Wildman–Crippen LogP) is 2.08. The lowest BCUT2D eigenvalue weighted by atomic mass is 10.3. The summed E-state index contributed by atoms with van der Waals surface area (Å²) in [5.41, 5.74) is 0.629. The first kappa shape index (κ1) is 17.5. The van der Waals surface area contributed by atoms with E-state index in [0.29, 0.717) is 17.3 Å². The fourth-order valence-electron chi connectivity index (χ4n) is 1.87. The molecule has 1 rings (SSSR count). The molecule has 1 aromatic carbocycles. The molecule has 0 saturated heterocycles. The van der Waals surface area contributed by atoms with Crippen LogP contribution in [0.2, 0.25) is 5.02 Å². The van der Waals surface area contributed by atoms with Crippen molar-refractivity contribution < 1.29 is 9.59 Å². The Morgan fingerprint density at radius 1 is 1.24 bits per heavy atom. The number of nitrogens with zero attached hydrogens (tertiary/aromatic N) is 2. The maximum absolute atomic E-state index is 12.0. The molecule has 6 heteroatoms. The van der Waals surface area contributed by atoms with Crippen molar-refractivity contribution in [2.75, 3.05) is 39.0 Å². The molecular formula is C15H22ClN3O2. The minimum Gasteiger partial charge on any atom is -0.334 e. The number of carbonyl (C=O) groups is 2. The molecule has 1 aromatic rings. The molecule has 0 atom stereocenters. The van der Waals surface area contributed by atoms with Crippen molar-refractivity contribution in [2.24, 2.45) is 0 Å². The van der Waals surface area contributed by atoms with E-state index in [1.165, 1.54) is 6.92 Å². The van der Waals surface area contributed by atoms with E-state index in [0.717, 1.165) is 13.0 Å². The lowest BCUT2D eigenvalue weighted by molar-refractivity contribution is -0.132. The summed E-state index contributed by atoms with van der Waals surface area (Å²) in [5.74, 6) is -0.327. The van der Waals surface area contributed by atoms with Crippen LogP contribution in [0, 0.1) is 0 Å². The first-order valence-corrected chi connectivity index (χ1v) is 7.22. The van der Waals surface area contributed by atoms with Gasteiger partial charge in [-0.25, -0.2) is 0 Å². The Balaban J connectivity index is 2.50. The summed E-state index contributed by atoms with van der Waals surface area (Å²) in [6, 6.07) is 6.93. The van der Waals surface area contributed by atoms with Gasteiger partial charge < -0.3 is 15.1 Å². The molecule has 0 aliphatic rings. The van der Waals surface area contributed by atoms with E-state index in [1.807, 2.05) is 19.0 Å². The number of benzene rings is 1. The van der Waals surface area contributed by atoms with Gasteiger partial charge in [0.2, 0.25) is 11.8 Å². The SMILES string of the molecule is CC(=O)N(CCCN(C)C)CC(=O)Nc1cccc(Cl)c1. The van der Waals surface area contributed by atoms with Crippen LogP contribution in [0.25, 0.3) is 0 Å². The largest absolute Gasteiger partial charge is 0.334 e.